The Hall–Kier alpha value is -1.17. The van der Waals surface area contributed by atoms with Gasteiger partial charge >= 0.3 is 0 Å². The predicted octanol–water partition coefficient (Wildman–Crippen LogP) is 0.816. The molecule has 2 atom stereocenters. The fourth-order valence-electron chi connectivity index (χ4n) is 3.48. The summed E-state index contributed by atoms with van der Waals surface area (Å²) in [5.41, 5.74) is 5.11. The molecule has 0 aromatic heterocycles. The Morgan fingerprint density at radius 1 is 1.50 bits per heavy atom. The first-order valence-corrected chi connectivity index (χ1v) is 7.77. The summed E-state index contributed by atoms with van der Waals surface area (Å²) in [6.45, 7) is 5.13. The van der Waals surface area contributed by atoms with Gasteiger partial charge in [0.1, 0.15) is 0 Å². The van der Waals surface area contributed by atoms with Crippen molar-refractivity contribution in [2.75, 3.05) is 13.1 Å². The fraction of sp³-hybridized carbons (Fsp3) is 0.786. The number of carbonyl (C=O) groups excluding carboxylic acids is 2. The SMILES string of the molecule is CCC(CC)(C(=O)N1CCCC2C(=O)NCC21)C(N)=S. The van der Waals surface area contributed by atoms with E-state index in [1.807, 2.05) is 18.7 Å². The number of rotatable bonds is 4. The molecular weight excluding hydrogens is 274 g/mol. The van der Waals surface area contributed by atoms with E-state index in [-0.39, 0.29) is 28.8 Å². The Kier molecular flexibility index (Phi) is 4.32. The number of carbonyl (C=O) groups is 2. The Balaban J connectivity index is 2.27. The molecule has 3 N–H and O–H groups in total. The molecule has 2 unspecified atom stereocenters. The van der Waals surface area contributed by atoms with Gasteiger partial charge in [-0.2, -0.15) is 0 Å². The summed E-state index contributed by atoms with van der Waals surface area (Å²) in [5.74, 6) is 0.00748. The van der Waals surface area contributed by atoms with E-state index in [2.05, 4.69) is 5.32 Å². The van der Waals surface area contributed by atoms with E-state index in [1.54, 1.807) is 0 Å². The van der Waals surface area contributed by atoms with Crippen LogP contribution in [0.5, 0.6) is 0 Å². The lowest BCUT2D eigenvalue weighted by molar-refractivity contribution is -0.143. The lowest BCUT2D eigenvalue weighted by Crippen LogP contribution is -2.57. The standard InChI is InChI=1S/C14H23N3O2S/c1-3-14(4-2,12(15)20)13(19)17-7-5-6-9-10(17)8-16-11(9)18/h9-10H,3-8H2,1-2H3,(H2,15,20)(H,16,18). The van der Waals surface area contributed by atoms with Crippen molar-refractivity contribution in [1.29, 1.82) is 0 Å². The second kappa shape index (κ2) is 5.68. The van der Waals surface area contributed by atoms with Gasteiger partial charge in [0, 0.05) is 13.1 Å². The highest BCUT2D eigenvalue weighted by atomic mass is 32.1. The number of nitrogens with zero attached hydrogens (tertiary/aromatic N) is 1. The van der Waals surface area contributed by atoms with E-state index >= 15 is 0 Å². The molecule has 2 heterocycles. The molecule has 2 fully saturated rings. The number of piperidine rings is 1. The number of nitrogens with two attached hydrogens (primary N) is 1. The van der Waals surface area contributed by atoms with Crippen molar-refractivity contribution in [3.63, 3.8) is 0 Å². The van der Waals surface area contributed by atoms with Crippen molar-refractivity contribution < 1.29 is 9.59 Å². The van der Waals surface area contributed by atoms with Gasteiger partial charge in [0.05, 0.1) is 22.4 Å². The molecule has 112 valence electrons. The Morgan fingerprint density at radius 3 is 2.70 bits per heavy atom. The third kappa shape index (κ3) is 2.20. The predicted molar refractivity (Wildman–Crippen MR) is 81.0 cm³/mol. The van der Waals surface area contributed by atoms with Crippen molar-refractivity contribution in [2.24, 2.45) is 17.1 Å². The maximum absolute atomic E-state index is 13.0. The molecule has 2 aliphatic heterocycles. The zero-order chi connectivity index (χ0) is 14.9. The highest BCUT2D eigenvalue weighted by Gasteiger charge is 2.48. The Labute approximate surface area is 125 Å². The van der Waals surface area contributed by atoms with Crippen LogP contribution in [0, 0.1) is 11.3 Å². The number of amides is 2. The monoisotopic (exact) mass is 297 g/mol. The van der Waals surface area contributed by atoms with Crippen LogP contribution in [0.1, 0.15) is 39.5 Å². The normalized spacial score (nSPS) is 26.1. The van der Waals surface area contributed by atoms with Crippen LogP contribution < -0.4 is 11.1 Å². The molecule has 0 aromatic carbocycles. The third-order valence-electron chi connectivity index (χ3n) is 4.95. The number of nitrogens with one attached hydrogen (secondary N) is 1. The highest BCUT2D eigenvalue weighted by molar-refractivity contribution is 7.80. The van der Waals surface area contributed by atoms with E-state index < -0.39 is 5.41 Å². The molecule has 0 radical (unpaired) electrons. The van der Waals surface area contributed by atoms with Crippen molar-refractivity contribution in [3.05, 3.63) is 0 Å². The molecule has 0 bridgehead atoms. The van der Waals surface area contributed by atoms with Crippen LogP contribution in [-0.4, -0.2) is 40.8 Å². The van der Waals surface area contributed by atoms with Crippen LogP contribution in [0.3, 0.4) is 0 Å². The molecule has 0 aromatic rings. The third-order valence-corrected chi connectivity index (χ3v) is 5.34. The topological polar surface area (TPSA) is 75.4 Å². The molecule has 6 heteroatoms. The van der Waals surface area contributed by atoms with E-state index in [9.17, 15) is 9.59 Å². The first-order valence-electron chi connectivity index (χ1n) is 7.36. The Bertz CT molecular complexity index is 434. The van der Waals surface area contributed by atoms with Gasteiger partial charge in [-0.05, 0) is 25.7 Å². The van der Waals surface area contributed by atoms with Crippen LogP contribution >= 0.6 is 12.2 Å². The molecule has 5 nitrogen and oxygen atoms in total. The summed E-state index contributed by atoms with van der Waals surface area (Å²) < 4.78 is 0. The van der Waals surface area contributed by atoms with Gasteiger partial charge in [0.25, 0.3) is 0 Å². The number of likely N-dealkylation sites (tertiary alicyclic amines) is 1. The molecule has 2 amide bonds. The van der Waals surface area contributed by atoms with Crippen molar-refractivity contribution in [3.8, 4) is 0 Å². The molecule has 0 saturated carbocycles. The molecule has 2 saturated heterocycles. The quantitative estimate of drug-likeness (QED) is 0.753. The molecule has 20 heavy (non-hydrogen) atoms. The summed E-state index contributed by atoms with van der Waals surface area (Å²) in [4.78, 5) is 26.9. The van der Waals surface area contributed by atoms with Crippen molar-refractivity contribution >= 4 is 29.0 Å². The van der Waals surface area contributed by atoms with Gasteiger partial charge in [-0.15, -0.1) is 0 Å². The summed E-state index contributed by atoms with van der Waals surface area (Å²) in [5, 5.41) is 2.87. The molecule has 0 aliphatic carbocycles. The average molecular weight is 297 g/mol. The average Bonchev–Trinajstić information content (AvgIpc) is 2.82. The fourth-order valence-corrected chi connectivity index (χ4v) is 3.86. The van der Waals surface area contributed by atoms with E-state index in [0.717, 1.165) is 12.8 Å². The van der Waals surface area contributed by atoms with Gasteiger partial charge in [-0.25, -0.2) is 0 Å². The van der Waals surface area contributed by atoms with E-state index in [1.165, 1.54) is 0 Å². The first kappa shape index (κ1) is 15.2. The second-order valence-electron chi connectivity index (χ2n) is 5.71. The van der Waals surface area contributed by atoms with Crippen LogP contribution in [0.25, 0.3) is 0 Å². The Morgan fingerprint density at radius 2 is 2.15 bits per heavy atom. The van der Waals surface area contributed by atoms with Crippen molar-refractivity contribution in [2.45, 2.75) is 45.6 Å². The number of thiocarbonyl (C=S) groups is 1. The lowest BCUT2D eigenvalue weighted by Gasteiger charge is -2.42. The molecular formula is C14H23N3O2S. The van der Waals surface area contributed by atoms with Crippen LogP contribution in [0.2, 0.25) is 0 Å². The van der Waals surface area contributed by atoms with E-state index in [0.29, 0.717) is 25.9 Å². The van der Waals surface area contributed by atoms with E-state index in [4.69, 9.17) is 18.0 Å². The molecule has 2 rings (SSSR count). The zero-order valence-electron chi connectivity index (χ0n) is 12.1. The minimum absolute atomic E-state index is 0.00111. The van der Waals surface area contributed by atoms with Crippen LogP contribution in [0.4, 0.5) is 0 Å². The largest absolute Gasteiger partial charge is 0.392 e. The second-order valence-corrected chi connectivity index (χ2v) is 6.15. The van der Waals surface area contributed by atoms with Crippen molar-refractivity contribution in [1.82, 2.24) is 10.2 Å². The molecule has 2 aliphatic rings. The van der Waals surface area contributed by atoms with Crippen LogP contribution in [0.15, 0.2) is 0 Å². The smallest absolute Gasteiger partial charge is 0.235 e. The maximum atomic E-state index is 13.0. The minimum atomic E-state index is -0.761. The maximum Gasteiger partial charge on any atom is 0.235 e. The number of hydrogen-bond acceptors (Lipinski definition) is 3. The van der Waals surface area contributed by atoms with Gasteiger partial charge in [-0.3, -0.25) is 9.59 Å². The van der Waals surface area contributed by atoms with Crippen LogP contribution in [-0.2, 0) is 9.59 Å². The summed E-state index contributed by atoms with van der Waals surface area (Å²) >= 11 is 5.16. The highest BCUT2D eigenvalue weighted by Crippen LogP contribution is 2.35. The van der Waals surface area contributed by atoms with Gasteiger partial charge in [0.2, 0.25) is 11.8 Å². The summed E-state index contributed by atoms with van der Waals surface area (Å²) in [7, 11) is 0. The lowest BCUT2D eigenvalue weighted by atomic mass is 9.79. The first-order chi connectivity index (χ1) is 9.47. The van der Waals surface area contributed by atoms with Gasteiger partial charge < -0.3 is 16.0 Å². The minimum Gasteiger partial charge on any atom is -0.392 e. The summed E-state index contributed by atoms with van der Waals surface area (Å²) in [6.07, 6.45) is 2.93. The number of fused-ring (bicyclic) bond motifs is 1. The van der Waals surface area contributed by atoms with Gasteiger partial charge in [-0.1, -0.05) is 26.1 Å². The number of hydrogen-bond donors (Lipinski definition) is 2. The zero-order valence-corrected chi connectivity index (χ0v) is 13.0. The summed E-state index contributed by atoms with van der Waals surface area (Å²) in [6, 6.07) is -0.0319. The molecule has 0 spiro atoms. The van der Waals surface area contributed by atoms with Gasteiger partial charge in [0.15, 0.2) is 0 Å².